The molecule has 1 N–H and O–H groups in total. The molecule has 0 amide bonds. The van der Waals surface area contributed by atoms with Gasteiger partial charge in [0.15, 0.2) is 11.6 Å². The van der Waals surface area contributed by atoms with Gasteiger partial charge in [-0.15, -0.1) is 0 Å². The molecule has 0 aliphatic carbocycles. The number of aliphatic hydroxyl groups is 1. The highest BCUT2D eigenvalue weighted by molar-refractivity contribution is 5.42. The summed E-state index contributed by atoms with van der Waals surface area (Å²) in [4.78, 5) is 9.57. The average molecular weight is 228 g/mol. The first-order valence-electron chi connectivity index (χ1n) is 4.15. The summed E-state index contributed by atoms with van der Waals surface area (Å²) < 4.78 is 25.6. The summed E-state index contributed by atoms with van der Waals surface area (Å²) in [6.45, 7) is 0. The molecule has 1 rings (SSSR count). The van der Waals surface area contributed by atoms with Gasteiger partial charge in [-0.1, -0.05) is 0 Å². The predicted octanol–water partition coefficient (Wildman–Crippen LogP) is 1.82. The van der Waals surface area contributed by atoms with E-state index in [0.717, 1.165) is 0 Å². The van der Waals surface area contributed by atoms with Crippen molar-refractivity contribution in [2.75, 3.05) is 0 Å². The second-order valence-corrected chi connectivity index (χ2v) is 2.96. The highest BCUT2D eigenvalue weighted by Crippen LogP contribution is 2.29. The first-order valence-corrected chi connectivity index (χ1v) is 4.15. The SMILES string of the molecule is N#CCC(O)c1cc(F)c(F)cc1[N+](=O)[O-]. The Balaban J connectivity index is 3.31. The van der Waals surface area contributed by atoms with Crippen molar-refractivity contribution in [2.24, 2.45) is 0 Å². The van der Waals surface area contributed by atoms with Crippen molar-refractivity contribution in [2.45, 2.75) is 12.5 Å². The van der Waals surface area contributed by atoms with Crippen molar-refractivity contribution in [3.8, 4) is 6.07 Å². The third-order valence-electron chi connectivity index (χ3n) is 1.91. The number of benzene rings is 1. The molecule has 0 aliphatic heterocycles. The minimum Gasteiger partial charge on any atom is -0.387 e. The van der Waals surface area contributed by atoms with E-state index >= 15 is 0 Å². The van der Waals surface area contributed by atoms with Crippen LogP contribution in [0.15, 0.2) is 12.1 Å². The van der Waals surface area contributed by atoms with Crippen LogP contribution in [0.5, 0.6) is 0 Å². The lowest BCUT2D eigenvalue weighted by Crippen LogP contribution is -2.04. The first kappa shape index (κ1) is 12.0. The van der Waals surface area contributed by atoms with Crippen LogP contribution >= 0.6 is 0 Å². The van der Waals surface area contributed by atoms with Gasteiger partial charge in [-0.3, -0.25) is 10.1 Å². The summed E-state index contributed by atoms with van der Waals surface area (Å²) in [5.41, 5.74) is -1.16. The molecule has 0 bridgehead atoms. The molecule has 0 spiro atoms. The van der Waals surface area contributed by atoms with Gasteiger partial charge in [-0.25, -0.2) is 8.78 Å². The van der Waals surface area contributed by atoms with Crippen LogP contribution < -0.4 is 0 Å². The summed E-state index contributed by atoms with van der Waals surface area (Å²) in [6.07, 6.45) is -1.95. The van der Waals surface area contributed by atoms with E-state index in [1.807, 2.05) is 0 Å². The van der Waals surface area contributed by atoms with Gasteiger partial charge in [0.2, 0.25) is 0 Å². The van der Waals surface area contributed by atoms with Crippen LogP contribution in [0.3, 0.4) is 0 Å². The van der Waals surface area contributed by atoms with E-state index in [9.17, 15) is 24.0 Å². The van der Waals surface area contributed by atoms with Crippen LogP contribution in [0.2, 0.25) is 0 Å². The Morgan fingerprint density at radius 3 is 2.56 bits per heavy atom. The Hall–Kier alpha value is -2.07. The van der Waals surface area contributed by atoms with Crippen LogP contribution in [-0.4, -0.2) is 10.0 Å². The van der Waals surface area contributed by atoms with Gasteiger partial charge in [0.1, 0.15) is 0 Å². The zero-order valence-electron chi connectivity index (χ0n) is 7.85. The first-order chi connectivity index (χ1) is 7.47. The van der Waals surface area contributed by atoms with Crippen LogP contribution in [0.4, 0.5) is 14.5 Å². The summed E-state index contributed by atoms with van der Waals surface area (Å²) in [5.74, 6) is -2.68. The summed E-state index contributed by atoms with van der Waals surface area (Å²) in [6, 6.07) is 2.48. The Labute approximate surface area is 88.7 Å². The molecule has 0 aliphatic rings. The minimum atomic E-state index is -1.51. The van der Waals surface area contributed by atoms with Crippen molar-refractivity contribution < 1.29 is 18.8 Å². The summed E-state index contributed by atoms with van der Waals surface area (Å²) in [7, 11) is 0. The van der Waals surface area contributed by atoms with Gasteiger partial charge < -0.3 is 5.11 Å². The molecule has 0 heterocycles. The van der Waals surface area contributed by atoms with Crippen molar-refractivity contribution in [3.63, 3.8) is 0 Å². The molecular weight excluding hydrogens is 222 g/mol. The minimum absolute atomic E-state index is 0.380. The Morgan fingerprint density at radius 2 is 2.06 bits per heavy atom. The maximum Gasteiger partial charge on any atom is 0.278 e. The standard InChI is InChI=1S/C9H6F2N2O3/c10-6-3-5(9(14)1-2-12)8(13(15)16)4-7(6)11/h3-4,9,14H,1H2. The van der Waals surface area contributed by atoms with Crippen LogP contribution in [0.25, 0.3) is 0 Å². The van der Waals surface area contributed by atoms with Crippen LogP contribution in [-0.2, 0) is 0 Å². The summed E-state index contributed by atoms with van der Waals surface area (Å²) >= 11 is 0. The number of hydrogen-bond donors (Lipinski definition) is 1. The normalized spacial score (nSPS) is 11.9. The van der Waals surface area contributed by atoms with Crippen LogP contribution in [0.1, 0.15) is 18.1 Å². The molecule has 0 radical (unpaired) electrons. The van der Waals surface area contributed by atoms with Gasteiger partial charge in [0.05, 0.1) is 35.1 Å². The maximum atomic E-state index is 12.8. The number of aliphatic hydroxyl groups excluding tert-OH is 1. The molecule has 7 heteroatoms. The quantitative estimate of drug-likeness (QED) is 0.631. The van der Waals surface area contributed by atoms with E-state index in [0.29, 0.717) is 12.1 Å². The molecule has 1 unspecified atom stereocenters. The van der Waals surface area contributed by atoms with Crippen LogP contribution in [0, 0.1) is 33.1 Å². The second kappa shape index (κ2) is 4.63. The zero-order valence-corrected chi connectivity index (χ0v) is 7.85. The third kappa shape index (κ3) is 2.29. The number of nitrogens with zero attached hydrogens (tertiary/aromatic N) is 2. The highest BCUT2D eigenvalue weighted by Gasteiger charge is 2.23. The number of nitriles is 1. The maximum absolute atomic E-state index is 12.8. The van der Waals surface area contributed by atoms with E-state index < -0.39 is 40.3 Å². The van der Waals surface area contributed by atoms with Crippen molar-refractivity contribution in [1.29, 1.82) is 5.26 Å². The van der Waals surface area contributed by atoms with Gasteiger partial charge in [0, 0.05) is 0 Å². The molecule has 5 nitrogen and oxygen atoms in total. The zero-order chi connectivity index (χ0) is 12.3. The number of nitro groups is 1. The van der Waals surface area contributed by atoms with Gasteiger partial charge in [0.25, 0.3) is 5.69 Å². The lowest BCUT2D eigenvalue weighted by atomic mass is 10.0. The van der Waals surface area contributed by atoms with Gasteiger partial charge >= 0.3 is 0 Å². The number of hydrogen-bond acceptors (Lipinski definition) is 4. The molecule has 0 fully saturated rings. The summed E-state index contributed by atoms with van der Waals surface area (Å²) in [5, 5.41) is 28.2. The largest absolute Gasteiger partial charge is 0.387 e. The highest BCUT2D eigenvalue weighted by atomic mass is 19.2. The lowest BCUT2D eigenvalue weighted by Gasteiger charge is -2.07. The average Bonchev–Trinajstić information content (AvgIpc) is 2.21. The monoisotopic (exact) mass is 228 g/mol. The Morgan fingerprint density at radius 1 is 1.50 bits per heavy atom. The van der Waals surface area contributed by atoms with Gasteiger partial charge in [-0.05, 0) is 6.07 Å². The fraction of sp³-hybridized carbons (Fsp3) is 0.222. The Bertz CT molecular complexity index is 471. The van der Waals surface area contributed by atoms with Crippen molar-refractivity contribution in [1.82, 2.24) is 0 Å². The molecular formula is C9H6F2N2O3. The van der Waals surface area contributed by atoms with Crippen molar-refractivity contribution >= 4 is 5.69 Å². The van der Waals surface area contributed by atoms with E-state index in [2.05, 4.69) is 0 Å². The molecule has 1 atom stereocenters. The van der Waals surface area contributed by atoms with Gasteiger partial charge in [-0.2, -0.15) is 5.26 Å². The fourth-order valence-electron chi connectivity index (χ4n) is 1.17. The van der Waals surface area contributed by atoms with Crippen molar-refractivity contribution in [3.05, 3.63) is 39.4 Å². The Kier molecular flexibility index (Phi) is 3.48. The molecule has 0 saturated carbocycles. The number of nitro benzene ring substituents is 1. The lowest BCUT2D eigenvalue weighted by molar-refractivity contribution is -0.386. The fourth-order valence-corrected chi connectivity index (χ4v) is 1.17. The van der Waals surface area contributed by atoms with E-state index in [4.69, 9.17) is 5.26 Å². The molecule has 84 valence electrons. The van der Waals surface area contributed by atoms with E-state index in [-0.39, 0.29) is 0 Å². The molecule has 0 saturated heterocycles. The molecule has 0 aromatic heterocycles. The smallest absolute Gasteiger partial charge is 0.278 e. The third-order valence-corrected chi connectivity index (χ3v) is 1.91. The topological polar surface area (TPSA) is 87.2 Å². The number of halogens is 2. The molecule has 1 aromatic carbocycles. The van der Waals surface area contributed by atoms with E-state index in [1.54, 1.807) is 6.07 Å². The molecule has 16 heavy (non-hydrogen) atoms. The molecule has 1 aromatic rings. The number of rotatable bonds is 3. The van der Waals surface area contributed by atoms with E-state index in [1.165, 1.54) is 0 Å². The second-order valence-electron chi connectivity index (χ2n) is 2.96. The predicted molar refractivity (Wildman–Crippen MR) is 48.2 cm³/mol.